The van der Waals surface area contributed by atoms with Gasteiger partial charge in [0.2, 0.25) is 11.0 Å². The van der Waals surface area contributed by atoms with Crippen LogP contribution in [0.25, 0.3) is 10.2 Å². The third kappa shape index (κ3) is 5.83. The molecule has 0 radical (unpaired) electrons. The van der Waals surface area contributed by atoms with Gasteiger partial charge in [0.1, 0.15) is 5.69 Å². The zero-order valence-electron chi connectivity index (χ0n) is 19.4. The van der Waals surface area contributed by atoms with Gasteiger partial charge in [0, 0.05) is 33.4 Å². The molecule has 1 fully saturated rings. The first-order valence-corrected chi connectivity index (χ1v) is 12.1. The third-order valence-electron chi connectivity index (χ3n) is 5.10. The number of nitrogens with zero attached hydrogens (tertiary/aromatic N) is 5. The predicted octanol–water partition coefficient (Wildman–Crippen LogP) is 4.76. The molecule has 0 bridgehead atoms. The van der Waals surface area contributed by atoms with Crippen molar-refractivity contribution in [2.75, 3.05) is 24.3 Å². The first kappa shape index (κ1) is 25.2. The molecule has 1 saturated heterocycles. The van der Waals surface area contributed by atoms with E-state index in [0.29, 0.717) is 32.3 Å². The number of fused-ring (bicyclic) bond motifs is 1. The molecule has 11 nitrogen and oxygen atoms in total. The molecule has 0 atom stereocenters. The van der Waals surface area contributed by atoms with Crippen LogP contribution in [0.5, 0.6) is 0 Å². The maximum atomic E-state index is 12.6. The Kier molecular flexibility index (Phi) is 7.55. The summed E-state index contributed by atoms with van der Waals surface area (Å²) in [6.07, 6.45) is -0.597. The summed E-state index contributed by atoms with van der Waals surface area (Å²) in [6, 6.07) is 10.8. The highest BCUT2D eigenvalue weighted by atomic mass is 35.5. The van der Waals surface area contributed by atoms with Crippen LogP contribution in [0.15, 0.2) is 46.6 Å². The van der Waals surface area contributed by atoms with Gasteiger partial charge >= 0.3 is 5.97 Å². The summed E-state index contributed by atoms with van der Waals surface area (Å²) in [4.78, 5) is 58.8. The number of thiazole rings is 1. The molecule has 13 heteroatoms. The second-order valence-electron chi connectivity index (χ2n) is 7.97. The van der Waals surface area contributed by atoms with Crippen molar-refractivity contribution < 1.29 is 24.0 Å². The van der Waals surface area contributed by atoms with E-state index in [9.17, 15) is 19.2 Å². The molecule has 4 rings (SSSR count). The van der Waals surface area contributed by atoms with E-state index >= 15 is 0 Å². The summed E-state index contributed by atoms with van der Waals surface area (Å²) < 4.78 is 0.963. The number of carbonyl (C=O) groups is 4. The second kappa shape index (κ2) is 10.8. The fraction of sp³-hybridized carbons (Fsp3) is 0.261. The Balaban J connectivity index is 1.47. The molecule has 3 amide bonds. The van der Waals surface area contributed by atoms with Gasteiger partial charge in [-0.25, -0.2) is 9.78 Å². The van der Waals surface area contributed by atoms with E-state index in [-0.39, 0.29) is 25.7 Å². The number of hydrogen-bond acceptors (Lipinski definition) is 10. The number of nitrogens with one attached hydrogen (secondary N) is 1. The van der Waals surface area contributed by atoms with E-state index < -0.39 is 23.7 Å². The number of azo groups is 1. The van der Waals surface area contributed by atoms with Gasteiger partial charge in [0.25, 0.3) is 11.8 Å². The maximum Gasteiger partial charge on any atom is 0.333 e. The van der Waals surface area contributed by atoms with Gasteiger partial charge in [-0.15, -0.1) is 15.3 Å². The van der Waals surface area contributed by atoms with Crippen LogP contribution in [0, 0.1) is 0 Å². The number of para-hydroxylation sites is 1. The first-order valence-electron chi connectivity index (χ1n) is 10.9. The molecule has 0 saturated carbocycles. The number of amides is 3. The highest BCUT2D eigenvalue weighted by Gasteiger charge is 2.32. The van der Waals surface area contributed by atoms with Crippen LogP contribution >= 0.6 is 22.9 Å². The van der Waals surface area contributed by atoms with Crippen molar-refractivity contribution >= 4 is 79.0 Å². The lowest BCUT2D eigenvalue weighted by molar-refractivity contribution is -0.197. The van der Waals surface area contributed by atoms with Crippen LogP contribution in [0.1, 0.15) is 25.7 Å². The van der Waals surface area contributed by atoms with E-state index in [1.165, 1.54) is 11.3 Å². The van der Waals surface area contributed by atoms with Crippen LogP contribution in [0.3, 0.4) is 0 Å². The molecule has 0 aliphatic carbocycles. The molecule has 186 valence electrons. The number of aromatic nitrogens is 1. The molecule has 36 heavy (non-hydrogen) atoms. The largest absolute Gasteiger partial charge is 0.376 e. The summed E-state index contributed by atoms with van der Waals surface area (Å²) in [7, 11) is 3.60. The Morgan fingerprint density at radius 1 is 1.14 bits per heavy atom. The maximum absolute atomic E-state index is 12.6. The van der Waals surface area contributed by atoms with E-state index in [4.69, 9.17) is 16.4 Å². The molecule has 1 N–H and O–H groups in total. The van der Waals surface area contributed by atoms with Crippen molar-refractivity contribution in [3.05, 3.63) is 41.4 Å². The van der Waals surface area contributed by atoms with Gasteiger partial charge in [-0.3, -0.25) is 14.4 Å². The van der Waals surface area contributed by atoms with Crippen molar-refractivity contribution in [1.82, 2.24) is 10.0 Å². The van der Waals surface area contributed by atoms with Crippen molar-refractivity contribution in [2.45, 2.75) is 25.7 Å². The lowest BCUT2D eigenvalue weighted by Gasteiger charge is -2.17. The molecule has 1 aliphatic rings. The van der Waals surface area contributed by atoms with Crippen molar-refractivity contribution in [2.24, 2.45) is 10.2 Å². The first-order chi connectivity index (χ1) is 17.2. The van der Waals surface area contributed by atoms with Gasteiger partial charge in [0.05, 0.1) is 33.0 Å². The van der Waals surface area contributed by atoms with Crippen molar-refractivity contribution in [3.63, 3.8) is 0 Å². The lowest BCUT2D eigenvalue weighted by atomic mass is 10.2. The molecule has 3 aromatic rings. The zero-order chi connectivity index (χ0) is 25.8. The number of hydroxylamine groups is 2. The third-order valence-corrected chi connectivity index (χ3v) is 6.33. The van der Waals surface area contributed by atoms with Gasteiger partial charge < -0.3 is 15.1 Å². The summed E-state index contributed by atoms with van der Waals surface area (Å²) in [5.74, 6) is -2.54. The topological polar surface area (TPSA) is 134 Å². The van der Waals surface area contributed by atoms with Crippen LogP contribution < -0.4 is 10.2 Å². The molecule has 0 unspecified atom stereocenters. The summed E-state index contributed by atoms with van der Waals surface area (Å²) in [6.45, 7) is 0. The van der Waals surface area contributed by atoms with Crippen LogP contribution in [0.4, 0.5) is 22.2 Å². The molecule has 0 spiro atoms. The SMILES string of the molecule is CN(C)c1cc(NC(=O)CCC(=O)ON2C(=O)CCC2=O)c(N=Nc2nc3ccccc3s2)cc1Cl. The zero-order valence-corrected chi connectivity index (χ0v) is 20.9. The van der Waals surface area contributed by atoms with Gasteiger partial charge in [-0.2, -0.15) is 0 Å². The second-order valence-corrected chi connectivity index (χ2v) is 9.39. The van der Waals surface area contributed by atoms with Crippen molar-refractivity contribution in [1.29, 1.82) is 0 Å². The fourth-order valence-electron chi connectivity index (χ4n) is 3.31. The number of halogens is 1. The van der Waals surface area contributed by atoms with E-state index in [1.807, 2.05) is 24.3 Å². The average molecular weight is 529 g/mol. The Bertz CT molecular complexity index is 1340. The molecule has 2 aromatic carbocycles. The Hall–Kier alpha value is -3.90. The van der Waals surface area contributed by atoms with Crippen molar-refractivity contribution in [3.8, 4) is 0 Å². The van der Waals surface area contributed by atoms with Crippen LogP contribution in [-0.4, -0.2) is 47.8 Å². The van der Waals surface area contributed by atoms with Gasteiger partial charge in [0.15, 0.2) is 0 Å². The van der Waals surface area contributed by atoms with E-state index in [1.54, 1.807) is 31.1 Å². The highest BCUT2D eigenvalue weighted by Crippen LogP contribution is 2.38. The summed E-state index contributed by atoms with van der Waals surface area (Å²) in [5.41, 5.74) is 2.07. The monoisotopic (exact) mass is 528 g/mol. The quantitative estimate of drug-likeness (QED) is 0.329. The number of rotatable bonds is 8. The molecule has 1 aromatic heterocycles. The van der Waals surface area contributed by atoms with E-state index in [2.05, 4.69) is 20.5 Å². The smallest absolute Gasteiger partial charge is 0.333 e. The molecule has 1 aliphatic heterocycles. The van der Waals surface area contributed by atoms with E-state index in [0.717, 1.165) is 10.2 Å². The number of imide groups is 1. The predicted molar refractivity (Wildman–Crippen MR) is 135 cm³/mol. The van der Waals surface area contributed by atoms with Gasteiger partial charge in [-0.1, -0.05) is 35.1 Å². The highest BCUT2D eigenvalue weighted by molar-refractivity contribution is 7.21. The minimum atomic E-state index is -0.866. The lowest BCUT2D eigenvalue weighted by Crippen LogP contribution is -2.32. The van der Waals surface area contributed by atoms with Gasteiger partial charge in [-0.05, 0) is 24.3 Å². The van der Waals surface area contributed by atoms with Crippen LogP contribution in [-0.2, 0) is 24.0 Å². The average Bonchev–Trinajstić information content (AvgIpc) is 3.40. The molecular formula is C23H21ClN6O5S. The minimum absolute atomic E-state index is 0.00821. The Morgan fingerprint density at radius 3 is 2.56 bits per heavy atom. The number of benzene rings is 2. The minimum Gasteiger partial charge on any atom is -0.376 e. The van der Waals surface area contributed by atoms with Crippen LogP contribution in [0.2, 0.25) is 5.02 Å². The number of anilines is 2. The number of carbonyl (C=O) groups excluding carboxylic acids is 4. The summed E-state index contributed by atoms with van der Waals surface area (Å²) in [5, 5.41) is 12.5. The Labute approximate surface area is 214 Å². The Morgan fingerprint density at radius 2 is 1.86 bits per heavy atom. The normalized spacial score (nSPS) is 13.6. The summed E-state index contributed by atoms with van der Waals surface area (Å²) >= 11 is 7.77. The molecular weight excluding hydrogens is 508 g/mol. The standard InChI is InChI=1S/C23H21ClN6O5S/c1-29(2)17-12-15(25-19(31)7-10-22(34)35-30-20(32)8-9-21(30)33)16(11-13(17)24)27-28-23-26-14-5-3-4-6-18(14)36-23/h3-6,11-12H,7-10H2,1-2H3,(H,25,31). The molecule has 2 heterocycles. The fourth-order valence-corrected chi connectivity index (χ4v) is 4.42. The number of hydrogen-bond donors (Lipinski definition) is 1.